The Morgan fingerprint density at radius 2 is 1.59 bits per heavy atom. The van der Waals surface area contributed by atoms with Crippen LogP contribution >= 0.6 is 0 Å². The van der Waals surface area contributed by atoms with E-state index in [1.165, 1.54) is 17.7 Å². The number of hydrogen-bond acceptors (Lipinski definition) is 4. The molecule has 0 saturated carbocycles. The Morgan fingerprint density at radius 1 is 0.926 bits per heavy atom. The smallest absolute Gasteiger partial charge is 0.335 e. The minimum absolute atomic E-state index is 0.0433. The van der Waals surface area contributed by atoms with Gasteiger partial charge in [-0.1, -0.05) is 12.1 Å². The van der Waals surface area contributed by atoms with Crippen molar-refractivity contribution in [3.63, 3.8) is 0 Å². The van der Waals surface area contributed by atoms with Crippen molar-refractivity contribution in [3.8, 4) is 5.75 Å². The predicted octanol–water partition coefficient (Wildman–Crippen LogP) is 2.74. The van der Waals surface area contributed by atoms with Crippen molar-refractivity contribution in [2.45, 2.75) is 13.0 Å². The van der Waals surface area contributed by atoms with Gasteiger partial charge in [0.2, 0.25) is 0 Å². The maximum Gasteiger partial charge on any atom is 0.335 e. The van der Waals surface area contributed by atoms with Crippen molar-refractivity contribution in [2.24, 2.45) is 0 Å². The summed E-state index contributed by atoms with van der Waals surface area (Å²) in [7, 11) is 1.66. The van der Waals surface area contributed by atoms with E-state index in [1.807, 2.05) is 17.0 Å². The van der Waals surface area contributed by atoms with Gasteiger partial charge in [0.25, 0.3) is 5.91 Å². The number of carboxylic acid groups (broad SMARTS) is 1. The van der Waals surface area contributed by atoms with Crippen LogP contribution in [-0.2, 0) is 6.54 Å². The largest absolute Gasteiger partial charge is 0.497 e. The molecule has 1 aliphatic rings. The van der Waals surface area contributed by atoms with Crippen LogP contribution in [0, 0.1) is 0 Å². The fourth-order valence-corrected chi connectivity index (χ4v) is 3.26. The Labute approximate surface area is 159 Å². The number of carbonyl (C=O) groups excluding carboxylic acids is 1. The Bertz CT molecular complexity index is 787. The SMILES string of the molecule is COc1ccc(CN2CCCN(C(=O)c3ccc(C(=O)O)cc3)CC2)cc1. The molecule has 1 aliphatic heterocycles. The molecule has 1 N–H and O–H groups in total. The average Bonchev–Trinajstić information content (AvgIpc) is 2.93. The van der Waals surface area contributed by atoms with Crippen LogP contribution in [-0.4, -0.2) is 60.1 Å². The van der Waals surface area contributed by atoms with E-state index < -0.39 is 5.97 Å². The molecule has 0 atom stereocenters. The van der Waals surface area contributed by atoms with Gasteiger partial charge >= 0.3 is 5.97 Å². The molecule has 0 aliphatic carbocycles. The summed E-state index contributed by atoms with van der Waals surface area (Å²) in [6, 6.07) is 14.2. The molecule has 0 bridgehead atoms. The number of ether oxygens (including phenoxy) is 1. The number of hydrogen-bond donors (Lipinski definition) is 1. The van der Waals surface area contributed by atoms with E-state index in [4.69, 9.17) is 9.84 Å². The maximum absolute atomic E-state index is 12.7. The second kappa shape index (κ2) is 8.68. The second-order valence-corrected chi connectivity index (χ2v) is 6.65. The zero-order valence-corrected chi connectivity index (χ0v) is 15.4. The third-order valence-corrected chi connectivity index (χ3v) is 4.82. The molecular formula is C21H24N2O4. The third-order valence-electron chi connectivity index (χ3n) is 4.82. The van der Waals surface area contributed by atoms with Crippen molar-refractivity contribution in [2.75, 3.05) is 33.3 Å². The lowest BCUT2D eigenvalue weighted by atomic mass is 10.1. The highest BCUT2D eigenvalue weighted by Gasteiger charge is 2.20. The Kier molecular flexibility index (Phi) is 6.08. The van der Waals surface area contributed by atoms with Gasteiger partial charge in [-0.05, 0) is 48.4 Å². The summed E-state index contributed by atoms with van der Waals surface area (Å²) in [5, 5.41) is 8.97. The van der Waals surface area contributed by atoms with E-state index >= 15 is 0 Å². The highest BCUT2D eigenvalue weighted by Crippen LogP contribution is 2.15. The van der Waals surface area contributed by atoms with Crippen LogP contribution in [0.5, 0.6) is 5.75 Å². The van der Waals surface area contributed by atoms with E-state index in [9.17, 15) is 9.59 Å². The molecular weight excluding hydrogens is 344 g/mol. The van der Waals surface area contributed by atoms with Gasteiger partial charge in [0.1, 0.15) is 5.75 Å². The maximum atomic E-state index is 12.7. The number of carboxylic acids is 1. The van der Waals surface area contributed by atoms with Crippen molar-refractivity contribution >= 4 is 11.9 Å². The van der Waals surface area contributed by atoms with Crippen molar-refractivity contribution in [1.29, 1.82) is 0 Å². The van der Waals surface area contributed by atoms with Crippen LogP contribution in [0.1, 0.15) is 32.7 Å². The molecule has 142 valence electrons. The minimum atomic E-state index is -0.988. The van der Waals surface area contributed by atoms with Crippen LogP contribution in [0.4, 0.5) is 0 Å². The van der Waals surface area contributed by atoms with Gasteiger partial charge in [-0.3, -0.25) is 9.69 Å². The molecule has 1 heterocycles. The van der Waals surface area contributed by atoms with Gasteiger partial charge in [-0.25, -0.2) is 4.79 Å². The molecule has 6 heteroatoms. The summed E-state index contributed by atoms with van der Waals surface area (Å²) in [6.07, 6.45) is 0.912. The van der Waals surface area contributed by atoms with Gasteiger partial charge < -0.3 is 14.7 Å². The van der Waals surface area contributed by atoms with E-state index in [2.05, 4.69) is 17.0 Å². The molecule has 0 unspecified atom stereocenters. The summed E-state index contributed by atoms with van der Waals surface area (Å²) in [5.41, 5.74) is 1.94. The average molecular weight is 368 g/mol. The van der Waals surface area contributed by atoms with Crippen LogP contribution in [0.15, 0.2) is 48.5 Å². The molecule has 2 aromatic carbocycles. The minimum Gasteiger partial charge on any atom is -0.497 e. The number of methoxy groups -OCH3 is 1. The quantitative estimate of drug-likeness (QED) is 0.879. The Balaban J connectivity index is 1.58. The summed E-state index contributed by atoms with van der Waals surface area (Å²) in [6.45, 7) is 3.96. The van der Waals surface area contributed by atoms with E-state index in [0.717, 1.165) is 31.8 Å². The van der Waals surface area contributed by atoms with Gasteiger partial charge in [0, 0.05) is 38.3 Å². The first-order valence-corrected chi connectivity index (χ1v) is 9.05. The molecule has 27 heavy (non-hydrogen) atoms. The Hall–Kier alpha value is -2.86. The van der Waals surface area contributed by atoms with Crippen LogP contribution in [0.2, 0.25) is 0 Å². The standard InChI is InChI=1S/C21H24N2O4/c1-27-19-9-3-16(4-10-19)15-22-11-2-12-23(14-13-22)20(24)17-5-7-18(8-6-17)21(25)26/h3-10H,2,11-15H2,1H3,(H,25,26). The lowest BCUT2D eigenvalue weighted by Gasteiger charge is -2.22. The second-order valence-electron chi connectivity index (χ2n) is 6.65. The molecule has 1 fully saturated rings. The number of benzene rings is 2. The summed E-state index contributed by atoms with van der Waals surface area (Å²) >= 11 is 0. The summed E-state index contributed by atoms with van der Waals surface area (Å²) in [4.78, 5) is 27.9. The lowest BCUT2D eigenvalue weighted by molar-refractivity contribution is 0.0694. The van der Waals surface area contributed by atoms with Gasteiger partial charge in [0.05, 0.1) is 12.7 Å². The zero-order chi connectivity index (χ0) is 19.2. The number of aromatic carboxylic acids is 1. The van der Waals surface area contributed by atoms with E-state index in [-0.39, 0.29) is 11.5 Å². The molecule has 2 aromatic rings. The fourth-order valence-electron chi connectivity index (χ4n) is 3.26. The van der Waals surface area contributed by atoms with Crippen LogP contribution in [0.3, 0.4) is 0 Å². The molecule has 0 aromatic heterocycles. The van der Waals surface area contributed by atoms with Gasteiger partial charge in [0.15, 0.2) is 0 Å². The van der Waals surface area contributed by atoms with Gasteiger partial charge in [-0.2, -0.15) is 0 Å². The molecule has 6 nitrogen and oxygen atoms in total. The van der Waals surface area contributed by atoms with E-state index in [1.54, 1.807) is 19.2 Å². The molecule has 0 radical (unpaired) electrons. The van der Waals surface area contributed by atoms with Crippen LogP contribution in [0.25, 0.3) is 0 Å². The highest BCUT2D eigenvalue weighted by atomic mass is 16.5. The topological polar surface area (TPSA) is 70.1 Å². The summed E-state index contributed by atoms with van der Waals surface area (Å²) in [5.74, 6) is -0.184. The highest BCUT2D eigenvalue weighted by molar-refractivity contribution is 5.95. The number of carbonyl (C=O) groups is 2. The van der Waals surface area contributed by atoms with Crippen LogP contribution < -0.4 is 4.74 Å². The normalized spacial score (nSPS) is 15.2. The predicted molar refractivity (Wildman–Crippen MR) is 102 cm³/mol. The molecule has 1 saturated heterocycles. The first-order valence-electron chi connectivity index (χ1n) is 9.05. The number of amides is 1. The first-order chi connectivity index (χ1) is 13.1. The molecule has 3 rings (SSSR count). The van der Waals surface area contributed by atoms with E-state index in [0.29, 0.717) is 18.7 Å². The molecule has 0 spiro atoms. The molecule has 1 amide bonds. The number of nitrogens with zero attached hydrogens (tertiary/aromatic N) is 2. The fraction of sp³-hybridized carbons (Fsp3) is 0.333. The monoisotopic (exact) mass is 368 g/mol. The van der Waals surface area contributed by atoms with Crippen molar-refractivity contribution in [3.05, 3.63) is 65.2 Å². The van der Waals surface area contributed by atoms with Crippen molar-refractivity contribution < 1.29 is 19.4 Å². The lowest BCUT2D eigenvalue weighted by Crippen LogP contribution is -2.35. The third kappa shape index (κ3) is 4.86. The summed E-state index contributed by atoms with van der Waals surface area (Å²) < 4.78 is 5.19. The first kappa shape index (κ1) is 18.9. The van der Waals surface area contributed by atoms with Gasteiger partial charge in [-0.15, -0.1) is 0 Å². The zero-order valence-electron chi connectivity index (χ0n) is 15.4. The number of rotatable bonds is 5. The van der Waals surface area contributed by atoms with Crippen molar-refractivity contribution in [1.82, 2.24) is 9.80 Å². The Morgan fingerprint density at radius 3 is 2.22 bits per heavy atom.